The molecule has 0 aromatic carbocycles. The molecule has 1 rings (SSSR count). The number of aliphatic carboxylic acids is 1. The van der Waals surface area contributed by atoms with Crippen molar-refractivity contribution in [3.8, 4) is 0 Å². The standard InChI is InChI=1S/C11H19NO2/c1-3-10(11(13)14)9-5-4-7-12(2)8-6-9/h3-8H2,1-2H3,(H,13,14)/b10-9-. The van der Waals surface area contributed by atoms with Crippen molar-refractivity contribution >= 4 is 5.97 Å². The SMILES string of the molecule is CC/C(C(=O)O)=C1\CCCN(C)CC1. The summed E-state index contributed by atoms with van der Waals surface area (Å²) in [5.74, 6) is -0.730. The molecule has 0 amide bonds. The Hall–Kier alpha value is -0.830. The molecule has 1 aliphatic rings. The van der Waals surface area contributed by atoms with Crippen molar-refractivity contribution in [1.82, 2.24) is 4.90 Å². The summed E-state index contributed by atoms with van der Waals surface area (Å²) in [6.07, 6.45) is 3.61. The van der Waals surface area contributed by atoms with Crippen LogP contribution in [0.15, 0.2) is 11.1 Å². The predicted molar refractivity (Wildman–Crippen MR) is 56.3 cm³/mol. The Morgan fingerprint density at radius 2 is 2.14 bits per heavy atom. The van der Waals surface area contributed by atoms with E-state index in [4.69, 9.17) is 5.11 Å². The van der Waals surface area contributed by atoms with Crippen LogP contribution in [-0.2, 0) is 4.79 Å². The van der Waals surface area contributed by atoms with E-state index in [2.05, 4.69) is 11.9 Å². The van der Waals surface area contributed by atoms with Gasteiger partial charge in [0.15, 0.2) is 0 Å². The second kappa shape index (κ2) is 5.15. The van der Waals surface area contributed by atoms with Crippen LogP contribution in [0.3, 0.4) is 0 Å². The fourth-order valence-corrected chi connectivity index (χ4v) is 1.98. The molecule has 80 valence electrons. The molecule has 1 saturated heterocycles. The average molecular weight is 197 g/mol. The van der Waals surface area contributed by atoms with Gasteiger partial charge in [-0.1, -0.05) is 12.5 Å². The zero-order chi connectivity index (χ0) is 10.6. The van der Waals surface area contributed by atoms with Gasteiger partial charge in [0.25, 0.3) is 0 Å². The first-order chi connectivity index (χ1) is 6.65. The maximum Gasteiger partial charge on any atom is 0.331 e. The Balaban J connectivity index is 2.77. The summed E-state index contributed by atoms with van der Waals surface area (Å²) in [6, 6.07) is 0. The number of rotatable bonds is 2. The van der Waals surface area contributed by atoms with E-state index in [1.807, 2.05) is 6.92 Å². The highest BCUT2D eigenvalue weighted by Crippen LogP contribution is 2.21. The van der Waals surface area contributed by atoms with Gasteiger partial charge < -0.3 is 10.0 Å². The van der Waals surface area contributed by atoms with Gasteiger partial charge in [-0.05, 0) is 39.3 Å². The minimum atomic E-state index is -0.730. The maximum absolute atomic E-state index is 11.0. The van der Waals surface area contributed by atoms with Crippen LogP contribution in [-0.4, -0.2) is 36.1 Å². The van der Waals surface area contributed by atoms with Crippen molar-refractivity contribution in [2.24, 2.45) is 0 Å². The molecule has 0 aromatic rings. The monoisotopic (exact) mass is 197 g/mol. The molecular weight excluding hydrogens is 178 g/mol. The van der Waals surface area contributed by atoms with Crippen LogP contribution in [0.2, 0.25) is 0 Å². The fraction of sp³-hybridized carbons (Fsp3) is 0.727. The van der Waals surface area contributed by atoms with Gasteiger partial charge in [-0.25, -0.2) is 4.79 Å². The normalized spacial score (nSPS) is 23.0. The second-order valence-corrected chi connectivity index (χ2v) is 3.90. The number of carboxylic acid groups (broad SMARTS) is 1. The zero-order valence-electron chi connectivity index (χ0n) is 9.05. The first-order valence-corrected chi connectivity index (χ1v) is 5.28. The molecule has 0 unspecified atom stereocenters. The number of hydrogen-bond acceptors (Lipinski definition) is 2. The molecule has 0 saturated carbocycles. The number of nitrogens with zero attached hydrogens (tertiary/aromatic N) is 1. The van der Waals surface area contributed by atoms with Crippen molar-refractivity contribution in [3.63, 3.8) is 0 Å². The quantitative estimate of drug-likeness (QED) is 0.687. The van der Waals surface area contributed by atoms with E-state index in [1.54, 1.807) is 0 Å². The first kappa shape index (κ1) is 11.2. The van der Waals surface area contributed by atoms with Gasteiger partial charge in [0.2, 0.25) is 0 Å². The Morgan fingerprint density at radius 1 is 1.43 bits per heavy atom. The molecule has 0 atom stereocenters. The number of carboxylic acids is 1. The van der Waals surface area contributed by atoms with Crippen molar-refractivity contribution < 1.29 is 9.90 Å². The van der Waals surface area contributed by atoms with Gasteiger partial charge >= 0.3 is 5.97 Å². The molecule has 0 radical (unpaired) electrons. The third-order valence-corrected chi connectivity index (χ3v) is 2.85. The number of carbonyl (C=O) groups is 1. The van der Waals surface area contributed by atoms with E-state index in [9.17, 15) is 4.79 Å². The van der Waals surface area contributed by atoms with Gasteiger partial charge in [-0.3, -0.25) is 0 Å². The second-order valence-electron chi connectivity index (χ2n) is 3.90. The van der Waals surface area contributed by atoms with E-state index in [0.29, 0.717) is 12.0 Å². The van der Waals surface area contributed by atoms with Crippen LogP contribution in [0.4, 0.5) is 0 Å². The van der Waals surface area contributed by atoms with Crippen LogP contribution >= 0.6 is 0 Å². The molecule has 3 nitrogen and oxygen atoms in total. The highest BCUT2D eigenvalue weighted by atomic mass is 16.4. The van der Waals surface area contributed by atoms with Crippen LogP contribution in [0.1, 0.15) is 32.6 Å². The smallest absolute Gasteiger partial charge is 0.331 e. The molecule has 0 aliphatic carbocycles. The lowest BCUT2D eigenvalue weighted by atomic mass is 9.99. The fourth-order valence-electron chi connectivity index (χ4n) is 1.98. The van der Waals surface area contributed by atoms with Gasteiger partial charge in [-0.15, -0.1) is 0 Å². The predicted octanol–water partition coefficient (Wildman–Crippen LogP) is 1.89. The number of likely N-dealkylation sites (tertiary alicyclic amines) is 1. The third-order valence-electron chi connectivity index (χ3n) is 2.85. The zero-order valence-corrected chi connectivity index (χ0v) is 9.05. The molecule has 1 fully saturated rings. The van der Waals surface area contributed by atoms with Crippen molar-refractivity contribution in [2.45, 2.75) is 32.6 Å². The molecule has 1 aliphatic heterocycles. The average Bonchev–Trinajstić information content (AvgIpc) is 2.32. The largest absolute Gasteiger partial charge is 0.478 e. The molecule has 0 aromatic heterocycles. The van der Waals surface area contributed by atoms with E-state index >= 15 is 0 Å². The minimum Gasteiger partial charge on any atom is -0.478 e. The molecule has 0 spiro atoms. The lowest BCUT2D eigenvalue weighted by molar-refractivity contribution is -0.132. The first-order valence-electron chi connectivity index (χ1n) is 5.28. The van der Waals surface area contributed by atoms with Crippen LogP contribution in [0.5, 0.6) is 0 Å². The Labute approximate surface area is 85.4 Å². The van der Waals surface area contributed by atoms with Gasteiger partial charge in [-0.2, -0.15) is 0 Å². The molecule has 1 heterocycles. The van der Waals surface area contributed by atoms with Gasteiger partial charge in [0, 0.05) is 12.1 Å². The summed E-state index contributed by atoms with van der Waals surface area (Å²) in [6.45, 7) is 4.00. The summed E-state index contributed by atoms with van der Waals surface area (Å²) >= 11 is 0. The van der Waals surface area contributed by atoms with Crippen LogP contribution in [0, 0.1) is 0 Å². The molecule has 14 heavy (non-hydrogen) atoms. The van der Waals surface area contributed by atoms with Crippen LogP contribution in [0.25, 0.3) is 0 Å². The van der Waals surface area contributed by atoms with Gasteiger partial charge in [0.05, 0.1) is 0 Å². The summed E-state index contributed by atoms with van der Waals surface area (Å²) in [5, 5.41) is 9.01. The van der Waals surface area contributed by atoms with E-state index in [-0.39, 0.29) is 0 Å². The van der Waals surface area contributed by atoms with Crippen molar-refractivity contribution in [1.29, 1.82) is 0 Å². The Kier molecular flexibility index (Phi) is 4.14. The Bertz CT molecular complexity index is 246. The highest BCUT2D eigenvalue weighted by molar-refractivity contribution is 5.87. The Morgan fingerprint density at radius 3 is 2.71 bits per heavy atom. The lowest BCUT2D eigenvalue weighted by Gasteiger charge is -2.11. The molecule has 0 bridgehead atoms. The van der Waals surface area contributed by atoms with Crippen molar-refractivity contribution in [3.05, 3.63) is 11.1 Å². The third kappa shape index (κ3) is 2.84. The molecular formula is C11H19NO2. The van der Waals surface area contributed by atoms with Crippen molar-refractivity contribution in [2.75, 3.05) is 20.1 Å². The minimum absolute atomic E-state index is 0.639. The van der Waals surface area contributed by atoms with E-state index in [0.717, 1.165) is 37.9 Å². The summed E-state index contributed by atoms with van der Waals surface area (Å²) in [4.78, 5) is 13.2. The van der Waals surface area contributed by atoms with E-state index < -0.39 is 5.97 Å². The molecule has 1 N–H and O–H groups in total. The summed E-state index contributed by atoms with van der Waals surface area (Å²) in [5.41, 5.74) is 1.80. The number of hydrogen-bond donors (Lipinski definition) is 1. The lowest BCUT2D eigenvalue weighted by Crippen LogP contribution is -2.18. The topological polar surface area (TPSA) is 40.5 Å². The van der Waals surface area contributed by atoms with Gasteiger partial charge in [0.1, 0.15) is 0 Å². The summed E-state index contributed by atoms with van der Waals surface area (Å²) in [7, 11) is 2.09. The van der Waals surface area contributed by atoms with Crippen LogP contribution < -0.4 is 0 Å². The van der Waals surface area contributed by atoms with E-state index in [1.165, 1.54) is 0 Å². The summed E-state index contributed by atoms with van der Waals surface area (Å²) < 4.78 is 0. The highest BCUT2D eigenvalue weighted by Gasteiger charge is 2.15. The maximum atomic E-state index is 11.0. The molecule has 3 heteroatoms.